The lowest BCUT2D eigenvalue weighted by Crippen LogP contribution is -2.37. The Morgan fingerprint density at radius 2 is 2.00 bits per heavy atom. The molecule has 7 nitrogen and oxygen atoms in total. The number of fused-ring (bicyclic) bond motifs is 1. The van der Waals surface area contributed by atoms with Crippen LogP contribution in [0.1, 0.15) is 12.5 Å². The third-order valence-electron chi connectivity index (χ3n) is 4.56. The molecule has 0 spiro atoms. The van der Waals surface area contributed by atoms with E-state index in [1.165, 1.54) is 17.3 Å². The van der Waals surface area contributed by atoms with E-state index in [1.807, 2.05) is 47.4 Å². The molecule has 2 heterocycles. The van der Waals surface area contributed by atoms with Crippen molar-refractivity contribution in [2.24, 2.45) is 0 Å². The summed E-state index contributed by atoms with van der Waals surface area (Å²) in [5.41, 5.74) is 3.03. The van der Waals surface area contributed by atoms with E-state index < -0.39 is 0 Å². The van der Waals surface area contributed by atoms with E-state index >= 15 is 0 Å². The first-order valence-corrected chi connectivity index (χ1v) is 9.61. The molecular formula is C19H19N5O2S. The van der Waals surface area contributed by atoms with Crippen LogP contribution in [-0.4, -0.2) is 45.0 Å². The molecule has 0 aliphatic carbocycles. The number of ether oxygens (including phenoxy) is 1. The number of thioether (sulfide) groups is 1. The molecule has 0 radical (unpaired) electrons. The fourth-order valence-electron chi connectivity index (χ4n) is 3.30. The largest absolute Gasteiger partial charge is 0.497 e. The molecule has 1 atom stereocenters. The average Bonchev–Trinajstić information content (AvgIpc) is 3.29. The SMILES string of the molecule is COc1ccc(-n2nnnc2SCC(=O)N2c3ccccc3CC2C)cc1. The van der Waals surface area contributed by atoms with Gasteiger partial charge < -0.3 is 9.64 Å². The van der Waals surface area contributed by atoms with E-state index in [0.717, 1.165) is 23.5 Å². The molecule has 1 aliphatic rings. The highest BCUT2D eigenvalue weighted by molar-refractivity contribution is 7.99. The maximum atomic E-state index is 12.9. The standard InChI is InChI=1S/C19H19N5O2S/c1-13-11-14-5-3-4-6-17(14)23(13)18(25)12-27-19-20-21-22-24(19)15-7-9-16(26-2)10-8-15/h3-10,13H,11-12H2,1-2H3. The highest BCUT2D eigenvalue weighted by atomic mass is 32.2. The van der Waals surface area contributed by atoms with Crippen LogP contribution in [0.5, 0.6) is 5.75 Å². The monoisotopic (exact) mass is 381 g/mol. The Kier molecular flexibility index (Phi) is 4.81. The molecule has 0 bridgehead atoms. The van der Waals surface area contributed by atoms with Gasteiger partial charge in [-0.15, -0.1) is 5.10 Å². The summed E-state index contributed by atoms with van der Waals surface area (Å²) in [7, 11) is 1.62. The highest BCUT2D eigenvalue weighted by Gasteiger charge is 2.30. The van der Waals surface area contributed by atoms with Crippen LogP contribution in [0.3, 0.4) is 0 Å². The zero-order chi connectivity index (χ0) is 18.8. The minimum Gasteiger partial charge on any atom is -0.497 e. The summed E-state index contributed by atoms with van der Waals surface area (Å²) < 4.78 is 6.80. The number of anilines is 1. The van der Waals surface area contributed by atoms with E-state index in [2.05, 4.69) is 28.5 Å². The van der Waals surface area contributed by atoms with Gasteiger partial charge in [0, 0.05) is 11.7 Å². The van der Waals surface area contributed by atoms with Crippen LogP contribution in [-0.2, 0) is 11.2 Å². The predicted molar refractivity (Wildman–Crippen MR) is 104 cm³/mol. The second kappa shape index (κ2) is 7.40. The van der Waals surface area contributed by atoms with Crippen LogP contribution in [0.4, 0.5) is 5.69 Å². The Balaban J connectivity index is 1.48. The molecule has 8 heteroatoms. The summed E-state index contributed by atoms with van der Waals surface area (Å²) >= 11 is 1.33. The number of aromatic nitrogens is 4. The molecule has 1 amide bonds. The summed E-state index contributed by atoms with van der Waals surface area (Å²) in [6, 6.07) is 15.7. The second-order valence-electron chi connectivity index (χ2n) is 6.31. The van der Waals surface area contributed by atoms with Crippen LogP contribution < -0.4 is 9.64 Å². The van der Waals surface area contributed by atoms with E-state index in [0.29, 0.717) is 5.16 Å². The zero-order valence-corrected chi connectivity index (χ0v) is 15.9. The van der Waals surface area contributed by atoms with Gasteiger partial charge in [-0.1, -0.05) is 30.0 Å². The fraction of sp³-hybridized carbons (Fsp3) is 0.263. The van der Waals surface area contributed by atoms with Crippen LogP contribution in [0.25, 0.3) is 5.69 Å². The van der Waals surface area contributed by atoms with Gasteiger partial charge in [-0.2, -0.15) is 4.68 Å². The van der Waals surface area contributed by atoms with Crippen LogP contribution >= 0.6 is 11.8 Å². The van der Waals surface area contributed by atoms with Crippen molar-refractivity contribution in [1.82, 2.24) is 20.2 Å². The van der Waals surface area contributed by atoms with Crippen molar-refractivity contribution in [2.45, 2.75) is 24.5 Å². The number of hydrogen-bond donors (Lipinski definition) is 0. The van der Waals surface area contributed by atoms with E-state index in [4.69, 9.17) is 4.74 Å². The first-order chi connectivity index (χ1) is 13.2. The van der Waals surface area contributed by atoms with Gasteiger partial charge in [0.1, 0.15) is 5.75 Å². The molecule has 0 saturated heterocycles. The number of carbonyl (C=O) groups excluding carboxylic acids is 1. The Bertz CT molecular complexity index is 957. The predicted octanol–water partition coefficient (Wildman–Crippen LogP) is 2.74. The molecule has 0 saturated carbocycles. The highest BCUT2D eigenvalue weighted by Crippen LogP contribution is 2.32. The normalized spacial score (nSPS) is 15.6. The maximum absolute atomic E-state index is 12.9. The van der Waals surface area contributed by atoms with Gasteiger partial charge in [-0.05, 0) is 59.7 Å². The first-order valence-electron chi connectivity index (χ1n) is 8.63. The van der Waals surface area contributed by atoms with Crippen molar-refractivity contribution in [3.8, 4) is 11.4 Å². The van der Waals surface area contributed by atoms with E-state index in [1.54, 1.807) is 11.8 Å². The molecule has 0 N–H and O–H groups in total. The summed E-state index contributed by atoms with van der Waals surface area (Å²) in [5, 5.41) is 12.4. The zero-order valence-electron chi connectivity index (χ0n) is 15.1. The fourth-order valence-corrected chi connectivity index (χ4v) is 4.05. The smallest absolute Gasteiger partial charge is 0.237 e. The number of nitrogens with zero attached hydrogens (tertiary/aromatic N) is 5. The summed E-state index contributed by atoms with van der Waals surface area (Å²) in [4.78, 5) is 14.7. The summed E-state index contributed by atoms with van der Waals surface area (Å²) in [6.07, 6.45) is 0.885. The average molecular weight is 381 g/mol. The van der Waals surface area contributed by atoms with Gasteiger partial charge >= 0.3 is 0 Å². The number of tetrazole rings is 1. The molecule has 0 fully saturated rings. The Morgan fingerprint density at radius 3 is 2.78 bits per heavy atom. The third-order valence-corrected chi connectivity index (χ3v) is 5.46. The first kappa shape index (κ1) is 17.5. The number of para-hydroxylation sites is 1. The van der Waals surface area contributed by atoms with E-state index in [9.17, 15) is 4.79 Å². The van der Waals surface area contributed by atoms with Crippen LogP contribution in [0.2, 0.25) is 0 Å². The molecule has 1 aliphatic heterocycles. The van der Waals surface area contributed by atoms with E-state index in [-0.39, 0.29) is 17.7 Å². The number of methoxy groups -OCH3 is 1. The van der Waals surface area contributed by atoms with Crippen molar-refractivity contribution in [1.29, 1.82) is 0 Å². The number of carbonyl (C=O) groups is 1. The molecule has 1 unspecified atom stereocenters. The molecular weight excluding hydrogens is 362 g/mol. The van der Waals surface area contributed by atoms with Gasteiger partial charge in [0.2, 0.25) is 11.1 Å². The molecule has 2 aromatic carbocycles. The Morgan fingerprint density at radius 1 is 1.22 bits per heavy atom. The third kappa shape index (κ3) is 3.40. The number of hydrogen-bond acceptors (Lipinski definition) is 6. The van der Waals surface area contributed by atoms with Crippen LogP contribution in [0, 0.1) is 0 Å². The quantitative estimate of drug-likeness (QED) is 0.633. The summed E-state index contributed by atoms with van der Waals surface area (Å²) in [6.45, 7) is 2.07. The van der Waals surface area contributed by atoms with Crippen molar-refractivity contribution < 1.29 is 9.53 Å². The maximum Gasteiger partial charge on any atom is 0.237 e. The summed E-state index contributed by atoms with van der Waals surface area (Å²) in [5.74, 6) is 1.09. The lowest BCUT2D eigenvalue weighted by molar-refractivity contribution is -0.116. The number of amides is 1. The van der Waals surface area contributed by atoms with Crippen molar-refractivity contribution in [3.05, 3.63) is 54.1 Å². The molecule has 27 heavy (non-hydrogen) atoms. The van der Waals surface area contributed by atoms with Gasteiger partial charge in [0.15, 0.2) is 0 Å². The van der Waals surface area contributed by atoms with Crippen LogP contribution in [0.15, 0.2) is 53.7 Å². The number of rotatable bonds is 5. The number of benzene rings is 2. The lowest BCUT2D eigenvalue weighted by Gasteiger charge is -2.22. The van der Waals surface area contributed by atoms with Gasteiger partial charge in [-0.3, -0.25) is 4.79 Å². The van der Waals surface area contributed by atoms with Gasteiger partial charge in [0.05, 0.1) is 18.6 Å². The van der Waals surface area contributed by atoms with Gasteiger partial charge in [-0.25, -0.2) is 0 Å². The molecule has 138 valence electrons. The minimum absolute atomic E-state index is 0.0572. The second-order valence-corrected chi connectivity index (χ2v) is 7.25. The molecule has 1 aromatic heterocycles. The van der Waals surface area contributed by atoms with Crippen molar-refractivity contribution in [2.75, 3.05) is 17.8 Å². The minimum atomic E-state index is 0.0572. The lowest BCUT2D eigenvalue weighted by atomic mass is 10.1. The van der Waals surface area contributed by atoms with Crippen molar-refractivity contribution >= 4 is 23.4 Å². The topological polar surface area (TPSA) is 73.1 Å². The molecule has 3 aromatic rings. The van der Waals surface area contributed by atoms with Crippen molar-refractivity contribution in [3.63, 3.8) is 0 Å². The Hall–Kier alpha value is -2.87. The molecule has 4 rings (SSSR count). The Labute approximate surface area is 161 Å². The van der Waals surface area contributed by atoms with Gasteiger partial charge in [0.25, 0.3) is 0 Å².